The molecule has 1 atom stereocenters. The number of amides is 1. The minimum absolute atomic E-state index is 0.0808. The van der Waals surface area contributed by atoms with E-state index in [-0.39, 0.29) is 18.6 Å². The molecule has 2 aliphatic heterocycles. The van der Waals surface area contributed by atoms with Crippen molar-refractivity contribution >= 4 is 5.91 Å². The molecule has 0 aromatic carbocycles. The smallest absolute Gasteiger partial charge is 0.237 e. The third-order valence-electron chi connectivity index (χ3n) is 4.26. The molecular weight excluding hydrogens is 242 g/mol. The molecule has 2 fully saturated rings. The van der Waals surface area contributed by atoms with E-state index in [0.29, 0.717) is 12.6 Å². The van der Waals surface area contributed by atoms with Crippen LogP contribution in [0.1, 0.15) is 38.5 Å². The Hall–Kier alpha value is -0.650. The van der Waals surface area contributed by atoms with Crippen molar-refractivity contribution in [3.8, 4) is 0 Å². The number of piperidine rings is 1. The summed E-state index contributed by atoms with van der Waals surface area (Å²) in [5.74, 6) is 0.189. The molecule has 5 heteroatoms. The Labute approximate surface area is 115 Å². The first-order chi connectivity index (χ1) is 9.33. The number of unbranched alkanes of at least 4 members (excludes halogenated alkanes) is 1. The van der Waals surface area contributed by atoms with Crippen LogP contribution in [0.2, 0.25) is 0 Å². The van der Waals surface area contributed by atoms with Crippen LogP contribution in [-0.4, -0.2) is 60.8 Å². The van der Waals surface area contributed by atoms with Gasteiger partial charge in [0.15, 0.2) is 0 Å². The quantitative estimate of drug-likeness (QED) is 0.598. The first kappa shape index (κ1) is 14.8. The van der Waals surface area contributed by atoms with Crippen molar-refractivity contribution in [2.24, 2.45) is 0 Å². The molecule has 110 valence electrons. The van der Waals surface area contributed by atoms with Crippen LogP contribution in [0.15, 0.2) is 0 Å². The van der Waals surface area contributed by atoms with Crippen molar-refractivity contribution in [2.75, 3.05) is 32.8 Å². The molecule has 1 amide bonds. The lowest BCUT2D eigenvalue weighted by molar-refractivity contribution is -0.126. The molecule has 3 N–H and O–H groups in total. The van der Waals surface area contributed by atoms with Gasteiger partial charge in [0, 0.05) is 19.2 Å². The number of hydrogen-bond donors (Lipinski definition) is 3. The lowest BCUT2D eigenvalue weighted by Gasteiger charge is -2.35. The van der Waals surface area contributed by atoms with E-state index in [9.17, 15) is 4.79 Å². The minimum atomic E-state index is 0.0808. The standard InChI is InChI=1S/C14H27N3O2/c18-11-2-1-7-16-14(19)13-4-3-10-17(13)12-5-8-15-9-6-12/h12-13,15,18H,1-11H2,(H,16,19). The number of carbonyl (C=O) groups is 1. The van der Waals surface area contributed by atoms with E-state index in [1.807, 2.05) is 0 Å². The largest absolute Gasteiger partial charge is 0.396 e. The van der Waals surface area contributed by atoms with E-state index in [2.05, 4.69) is 15.5 Å². The first-order valence-corrected chi connectivity index (χ1v) is 7.68. The summed E-state index contributed by atoms with van der Waals surface area (Å²) in [6, 6.07) is 0.661. The molecule has 0 saturated carbocycles. The van der Waals surface area contributed by atoms with Crippen LogP contribution in [0.25, 0.3) is 0 Å². The summed E-state index contributed by atoms with van der Waals surface area (Å²) in [7, 11) is 0. The molecule has 0 aliphatic carbocycles. The normalized spacial score (nSPS) is 25.6. The Bertz CT molecular complexity index is 280. The highest BCUT2D eigenvalue weighted by molar-refractivity contribution is 5.82. The minimum Gasteiger partial charge on any atom is -0.396 e. The van der Waals surface area contributed by atoms with Crippen molar-refractivity contribution in [2.45, 2.75) is 50.6 Å². The average molecular weight is 269 g/mol. The Morgan fingerprint density at radius 1 is 1.26 bits per heavy atom. The van der Waals surface area contributed by atoms with Crippen molar-refractivity contribution in [1.82, 2.24) is 15.5 Å². The van der Waals surface area contributed by atoms with Gasteiger partial charge in [0.25, 0.3) is 0 Å². The molecule has 1 unspecified atom stereocenters. The van der Waals surface area contributed by atoms with E-state index in [1.165, 1.54) is 0 Å². The van der Waals surface area contributed by atoms with E-state index in [1.54, 1.807) is 0 Å². The molecule has 19 heavy (non-hydrogen) atoms. The molecule has 0 spiro atoms. The highest BCUT2D eigenvalue weighted by atomic mass is 16.2. The van der Waals surface area contributed by atoms with E-state index in [0.717, 1.165) is 58.2 Å². The number of aliphatic hydroxyl groups is 1. The van der Waals surface area contributed by atoms with E-state index < -0.39 is 0 Å². The van der Waals surface area contributed by atoms with Gasteiger partial charge in [-0.05, 0) is 58.2 Å². The van der Waals surface area contributed by atoms with Gasteiger partial charge in [0.1, 0.15) is 0 Å². The van der Waals surface area contributed by atoms with Crippen LogP contribution in [0.3, 0.4) is 0 Å². The number of carbonyl (C=O) groups excluding carboxylic acids is 1. The van der Waals surface area contributed by atoms with Crippen molar-refractivity contribution < 1.29 is 9.90 Å². The zero-order chi connectivity index (χ0) is 13.5. The first-order valence-electron chi connectivity index (χ1n) is 7.68. The number of rotatable bonds is 6. The SMILES string of the molecule is O=C(NCCCCO)C1CCCN1C1CCNCC1. The fourth-order valence-corrected chi connectivity index (χ4v) is 3.21. The van der Waals surface area contributed by atoms with Crippen LogP contribution in [0.4, 0.5) is 0 Å². The van der Waals surface area contributed by atoms with Crippen LogP contribution in [0.5, 0.6) is 0 Å². The third kappa shape index (κ3) is 4.16. The lowest BCUT2D eigenvalue weighted by atomic mass is 10.0. The maximum atomic E-state index is 12.2. The zero-order valence-electron chi connectivity index (χ0n) is 11.7. The molecule has 0 bridgehead atoms. The van der Waals surface area contributed by atoms with Gasteiger partial charge in [0.2, 0.25) is 5.91 Å². The summed E-state index contributed by atoms with van der Waals surface area (Å²) < 4.78 is 0. The molecule has 2 saturated heterocycles. The summed E-state index contributed by atoms with van der Waals surface area (Å²) in [6.45, 7) is 4.12. The Balaban J connectivity index is 1.78. The topological polar surface area (TPSA) is 64.6 Å². The highest BCUT2D eigenvalue weighted by Gasteiger charge is 2.35. The number of hydrogen-bond acceptors (Lipinski definition) is 4. The molecule has 2 rings (SSSR count). The summed E-state index contributed by atoms with van der Waals surface area (Å²) in [5, 5.41) is 15.1. The van der Waals surface area contributed by atoms with Gasteiger partial charge in [-0.15, -0.1) is 0 Å². The summed E-state index contributed by atoms with van der Waals surface area (Å²) in [4.78, 5) is 14.6. The number of aliphatic hydroxyl groups excluding tert-OH is 1. The van der Waals surface area contributed by atoms with Crippen molar-refractivity contribution in [3.05, 3.63) is 0 Å². The molecule has 2 aliphatic rings. The zero-order valence-corrected chi connectivity index (χ0v) is 11.7. The second-order valence-corrected chi connectivity index (χ2v) is 5.60. The predicted molar refractivity (Wildman–Crippen MR) is 74.9 cm³/mol. The van der Waals surface area contributed by atoms with Crippen molar-refractivity contribution in [1.29, 1.82) is 0 Å². The van der Waals surface area contributed by atoms with Gasteiger partial charge in [0.05, 0.1) is 6.04 Å². The van der Waals surface area contributed by atoms with Gasteiger partial charge in [-0.1, -0.05) is 0 Å². The Morgan fingerprint density at radius 2 is 2.05 bits per heavy atom. The molecule has 5 nitrogen and oxygen atoms in total. The summed E-state index contributed by atoms with van der Waals surface area (Å²) in [6.07, 6.45) is 6.09. The molecule has 0 aromatic rings. The molecule has 2 heterocycles. The van der Waals surface area contributed by atoms with Gasteiger partial charge in [-0.3, -0.25) is 9.69 Å². The monoisotopic (exact) mass is 269 g/mol. The predicted octanol–water partition coefficient (Wildman–Crippen LogP) is 0.0915. The Kier molecular flexibility index (Phi) is 6.07. The fraction of sp³-hybridized carbons (Fsp3) is 0.929. The second-order valence-electron chi connectivity index (χ2n) is 5.60. The number of nitrogens with zero attached hydrogens (tertiary/aromatic N) is 1. The summed E-state index contributed by atoms with van der Waals surface area (Å²) in [5.41, 5.74) is 0. The number of likely N-dealkylation sites (tertiary alicyclic amines) is 1. The Morgan fingerprint density at radius 3 is 2.79 bits per heavy atom. The highest BCUT2D eigenvalue weighted by Crippen LogP contribution is 2.24. The maximum Gasteiger partial charge on any atom is 0.237 e. The van der Waals surface area contributed by atoms with Gasteiger partial charge in [-0.25, -0.2) is 0 Å². The van der Waals surface area contributed by atoms with E-state index in [4.69, 9.17) is 5.11 Å². The van der Waals surface area contributed by atoms with Gasteiger partial charge in [-0.2, -0.15) is 0 Å². The lowest BCUT2D eigenvalue weighted by Crippen LogP contribution is -2.50. The molecular formula is C14H27N3O2. The van der Waals surface area contributed by atoms with Crippen LogP contribution >= 0.6 is 0 Å². The fourth-order valence-electron chi connectivity index (χ4n) is 3.21. The molecule has 0 aromatic heterocycles. The van der Waals surface area contributed by atoms with Crippen LogP contribution in [0, 0.1) is 0 Å². The third-order valence-corrected chi connectivity index (χ3v) is 4.26. The van der Waals surface area contributed by atoms with E-state index >= 15 is 0 Å². The van der Waals surface area contributed by atoms with Gasteiger partial charge >= 0.3 is 0 Å². The van der Waals surface area contributed by atoms with Crippen LogP contribution < -0.4 is 10.6 Å². The molecule has 0 radical (unpaired) electrons. The van der Waals surface area contributed by atoms with Crippen molar-refractivity contribution in [3.63, 3.8) is 0 Å². The summed E-state index contributed by atoms with van der Waals surface area (Å²) >= 11 is 0. The maximum absolute atomic E-state index is 12.2. The second kappa shape index (κ2) is 7.82. The average Bonchev–Trinajstić information content (AvgIpc) is 2.94. The number of nitrogens with one attached hydrogen (secondary N) is 2. The van der Waals surface area contributed by atoms with Crippen LogP contribution in [-0.2, 0) is 4.79 Å². The van der Waals surface area contributed by atoms with Gasteiger partial charge < -0.3 is 15.7 Å².